The average Bonchev–Trinajstić information content (AvgIpc) is 3.65. The van der Waals surface area contributed by atoms with Crippen LogP contribution in [0, 0.1) is 0 Å². The minimum Gasteiger partial charge on any atom is -0.455 e. The van der Waals surface area contributed by atoms with Gasteiger partial charge in [0.1, 0.15) is 11.2 Å². The molecule has 0 bridgehead atoms. The van der Waals surface area contributed by atoms with Crippen LogP contribution in [0.2, 0.25) is 0 Å². The second kappa shape index (κ2) is 12.2. The van der Waals surface area contributed by atoms with E-state index in [0.29, 0.717) is 28.6 Å². The van der Waals surface area contributed by atoms with Crippen molar-refractivity contribution in [3.05, 3.63) is 176 Å². The topological polar surface area (TPSA) is 51.8 Å². The first-order valence-electron chi connectivity index (χ1n) is 19.3. The molecule has 7 aromatic carbocycles. The molecule has 0 amide bonds. The van der Waals surface area contributed by atoms with Gasteiger partial charge < -0.3 is 4.42 Å². The zero-order valence-corrected chi connectivity index (χ0v) is 26.0. The Kier molecular flexibility index (Phi) is 5.47. The number of fused-ring (bicyclic) bond motifs is 3. The van der Waals surface area contributed by atoms with Crippen molar-refractivity contribution in [2.75, 3.05) is 0 Å². The zero-order valence-electron chi connectivity index (χ0n) is 33.0. The molecule has 4 nitrogen and oxygen atoms in total. The maximum Gasteiger partial charge on any atom is 0.164 e. The van der Waals surface area contributed by atoms with Gasteiger partial charge in [0.05, 0.1) is 9.60 Å². The van der Waals surface area contributed by atoms with Crippen molar-refractivity contribution >= 4 is 21.9 Å². The van der Waals surface area contributed by atoms with Crippen molar-refractivity contribution in [2.24, 2.45) is 0 Å². The molecule has 230 valence electrons. The van der Waals surface area contributed by atoms with Crippen LogP contribution in [0.4, 0.5) is 0 Å². The maximum atomic E-state index is 8.88. The van der Waals surface area contributed by atoms with Gasteiger partial charge in [-0.3, -0.25) is 0 Å². The van der Waals surface area contributed by atoms with Gasteiger partial charge >= 0.3 is 0 Å². The van der Waals surface area contributed by atoms with E-state index in [4.69, 9.17) is 29.0 Å². The molecule has 0 aliphatic rings. The summed E-state index contributed by atoms with van der Waals surface area (Å²) in [6.07, 6.45) is 0. The van der Waals surface area contributed by atoms with Crippen molar-refractivity contribution in [3.8, 4) is 67.5 Å². The molecular weight excluding hydrogens is 599 g/mol. The minimum absolute atomic E-state index is 0.0141. The summed E-state index contributed by atoms with van der Waals surface area (Å²) in [6.45, 7) is 0. The molecular formula is C45H29N3O. The number of furan rings is 1. The van der Waals surface area contributed by atoms with E-state index in [1.807, 2.05) is 109 Å². The Hall–Kier alpha value is -6.65. The van der Waals surface area contributed by atoms with Gasteiger partial charge in [-0.25, -0.2) is 15.0 Å². The summed E-state index contributed by atoms with van der Waals surface area (Å²) < 4.78 is 65.6. The van der Waals surface area contributed by atoms with E-state index in [9.17, 15) is 0 Å². The molecule has 0 unspecified atom stereocenters. The average molecular weight is 635 g/mol. The van der Waals surface area contributed by atoms with Crippen LogP contribution in [0.15, 0.2) is 180 Å². The zero-order chi connectivity index (χ0) is 38.7. The Bertz CT molecular complexity index is 2970. The number of benzene rings is 7. The number of hydrogen-bond donors (Lipinski definition) is 0. The quantitative estimate of drug-likeness (QED) is 0.183. The van der Waals surface area contributed by atoms with Crippen LogP contribution < -0.4 is 0 Å². The fourth-order valence-corrected chi connectivity index (χ4v) is 6.06. The van der Waals surface area contributed by atoms with Gasteiger partial charge in [-0.15, -0.1) is 0 Å². The molecule has 2 aromatic heterocycles. The lowest BCUT2D eigenvalue weighted by Gasteiger charge is -2.12. The van der Waals surface area contributed by atoms with Gasteiger partial charge in [-0.05, 0) is 33.9 Å². The molecule has 0 saturated carbocycles. The summed E-state index contributed by atoms with van der Waals surface area (Å²) >= 11 is 0. The van der Waals surface area contributed by atoms with Gasteiger partial charge in [-0.1, -0.05) is 170 Å². The largest absolute Gasteiger partial charge is 0.455 e. The molecule has 0 atom stereocenters. The van der Waals surface area contributed by atoms with Crippen LogP contribution in [-0.2, 0) is 0 Å². The van der Waals surface area contributed by atoms with Gasteiger partial charge in [-0.2, -0.15) is 0 Å². The lowest BCUT2D eigenvalue weighted by molar-refractivity contribution is 0.670. The lowest BCUT2D eigenvalue weighted by atomic mass is 9.99. The summed E-state index contributed by atoms with van der Waals surface area (Å²) in [5.74, 6) is 1.39. The fourth-order valence-electron chi connectivity index (χ4n) is 6.06. The Morgan fingerprint density at radius 1 is 0.367 bits per heavy atom. The monoisotopic (exact) mass is 634 g/mol. The third kappa shape index (κ3) is 5.35. The van der Waals surface area contributed by atoms with Gasteiger partial charge in [0.15, 0.2) is 17.5 Å². The highest BCUT2D eigenvalue weighted by Crippen LogP contribution is 2.37. The van der Waals surface area contributed by atoms with Crippen molar-refractivity contribution in [1.82, 2.24) is 15.0 Å². The van der Waals surface area contributed by atoms with E-state index in [1.165, 1.54) is 0 Å². The summed E-state index contributed by atoms with van der Waals surface area (Å²) in [7, 11) is 0. The summed E-state index contributed by atoms with van der Waals surface area (Å²) in [6, 6.07) is 40.7. The Morgan fingerprint density at radius 3 is 1.55 bits per heavy atom. The van der Waals surface area contributed by atoms with E-state index in [0.717, 1.165) is 33.4 Å². The number of para-hydroxylation sites is 2. The van der Waals surface area contributed by atoms with Crippen LogP contribution in [0.5, 0.6) is 0 Å². The second-order valence-electron chi connectivity index (χ2n) is 11.5. The van der Waals surface area contributed by atoms with Crippen LogP contribution in [0.3, 0.4) is 0 Å². The van der Waals surface area contributed by atoms with E-state index in [1.54, 1.807) is 12.1 Å². The smallest absolute Gasteiger partial charge is 0.164 e. The molecule has 0 aliphatic carbocycles. The molecule has 2 heterocycles. The summed E-state index contributed by atoms with van der Waals surface area (Å²) in [5, 5.41) is 0.0781. The van der Waals surface area contributed by atoms with Gasteiger partial charge in [0, 0.05) is 33.0 Å². The highest BCUT2D eigenvalue weighted by atomic mass is 16.3. The van der Waals surface area contributed by atoms with Gasteiger partial charge in [0.25, 0.3) is 0 Å². The lowest BCUT2D eigenvalue weighted by Crippen LogP contribution is -2.01. The molecule has 0 N–H and O–H groups in total. The highest BCUT2D eigenvalue weighted by molar-refractivity contribution is 6.09. The number of rotatable bonds is 6. The summed E-state index contributed by atoms with van der Waals surface area (Å²) in [5.41, 5.74) is 7.07. The third-order valence-corrected chi connectivity index (χ3v) is 8.51. The predicted molar refractivity (Wildman–Crippen MR) is 200 cm³/mol. The predicted octanol–water partition coefficient (Wildman–Crippen LogP) is 11.8. The van der Waals surface area contributed by atoms with E-state index in [-0.39, 0.29) is 57.7 Å². The molecule has 0 radical (unpaired) electrons. The molecule has 9 rings (SSSR count). The highest BCUT2D eigenvalue weighted by Gasteiger charge is 2.17. The first-order chi connectivity index (χ1) is 27.2. The maximum absolute atomic E-state index is 8.88. The third-order valence-electron chi connectivity index (χ3n) is 8.51. The first kappa shape index (κ1) is 22.0. The van der Waals surface area contributed by atoms with Crippen molar-refractivity contribution in [2.45, 2.75) is 0 Å². The number of nitrogens with zero attached hydrogens (tertiary/aromatic N) is 3. The van der Waals surface area contributed by atoms with E-state index < -0.39 is 12.1 Å². The molecule has 0 saturated heterocycles. The molecule has 49 heavy (non-hydrogen) atoms. The second-order valence-corrected chi connectivity index (χ2v) is 11.5. The van der Waals surface area contributed by atoms with E-state index >= 15 is 0 Å². The first-order valence-corrected chi connectivity index (χ1v) is 15.8. The van der Waals surface area contributed by atoms with Gasteiger partial charge in [0.2, 0.25) is 0 Å². The van der Waals surface area contributed by atoms with Crippen LogP contribution in [0.25, 0.3) is 89.5 Å². The standard InChI is InChI=1S/C45H29N3O/c1-3-12-30(13-4-1)31-22-26-34(27-23-31)43-46-44(48-45(47-43)40-18-8-7-16-36(40)32-14-5-2-6-15-32)35-28-24-33(25-29-35)37-19-11-20-39-38-17-9-10-21-41(38)49-42(37)39/h1-29H/i9D,10D,11D,17D,19D,20D,21D. The van der Waals surface area contributed by atoms with Crippen molar-refractivity contribution in [1.29, 1.82) is 0 Å². The molecule has 0 aliphatic heterocycles. The number of hydrogen-bond acceptors (Lipinski definition) is 4. The summed E-state index contributed by atoms with van der Waals surface area (Å²) in [4.78, 5) is 15.0. The number of aromatic nitrogens is 3. The Labute approximate surface area is 293 Å². The Balaban J connectivity index is 1.20. The molecule has 0 fully saturated rings. The van der Waals surface area contributed by atoms with Crippen LogP contribution in [-0.4, -0.2) is 15.0 Å². The van der Waals surface area contributed by atoms with Crippen molar-refractivity contribution < 1.29 is 14.0 Å². The molecule has 0 spiro atoms. The van der Waals surface area contributed by atoms with Crippen molar-refractivity contribution in [3.63, 3.8) is 0 Å². The fraction of sp³-hybridized carbons (Fsp3) is 0. The molecule has 9 aromatic rings. The minimum atomic E-state index is -0.467. The van der Waals surface area contributed by atoms with E-state index in [2.05, 4.69) is 12.1 Å². The molecule has 4 heteroatoms. The normalized spacial score (nSPS) is 13.3. The van der Waals surface area contributed by atoms with Crippen LogP contribution >= 0.6 is 0 Å². The Morgan fingerprint density at radius 2 is 0.857 bits per heavy atom. The SMILES string of the molecule is [2H]c1c([2H])c([2H])c2c(oc3c(-c4ccc(-c5nc(-c6ccc(-c7ccccc7)cc6)nc(-c6ccccc6-c6ccccc6)n5)cc4)c([2H])c([2H])c([2H])c32)c1[2H]. The van der Waals surface area contributed by atoms with Crippen LogP contribution in [0.1, 0.15) is 9.60 Å².